The Bertz CT molecular complexity index is 2260. The van der Waals surface area contributed by atoms with E-state index in [9.17, 15) is 14.4 Å². The summed E-state index contributed by atoms with van der Waals surface area (Å²) in [6.45, 7) is 10.2. The third-order valence-electron chi connectivity index (χ3n) is 8.37. The molecule has 0 saturated carbocycles. The Morgan fingerprint density at radius 2 is 1.65 bits per heavy atom. The molecule has 262 valence electrons. The Morgan fingerprint density at radius 3 is 2.29 bits per heavy atom. The molecule has 1 aliphatic rings. The number of benzene rings is 3. The number of fused-ring (bicyclic) bond motifs is 1. The number of aromatic nitrogens is 3. The first-order valence-corrected chi connectivity index (χ1v) is 17.7. The zero-order valence-electron chi connectivity index (χ0n) is 29.5. The van der Waals surface area contributed by atoms with Crippen molar-refractivity contribution < 1.29 is 23.8 Å². The molecule has 6 rings (SSSR count). The van der Waals surface area contributed by atoms with Crippen LogP contribution in [0.4, 0.5) is 0 Å². The molecule has 3 aromatic carbocycles. The van der Waals surface area contributed by atoms with E-state index >= 15 is 0 Å². The number of thiazole rings is 1. The third-order valence-corrected chi connectivity index (χ3v) is 9.36. The van der Waals surface area contributed by atoms with Gasteiger partial charge in [-0.15, -0.1) is 0 Å². The van der Waals surface area contributed by atoms with E-state index in [1.54, 1.807) is 49.7 Å². The van der Waals surface area contributed by atoms with Gasteiger partial charge in [0.05, 0.1) is 52.9 Å². The first-order valence-electron chi connectivity index (χ1n) is 16.8. The van der Waals surface area contributed by atoms with Crippen LogP contribution < -0.4 is 19.6 Å². The van der Waals surface area contributed by atoms with Crippen LogP contribution in [0, 0.1) is 5.92 Å². The zero-order chi connectivity index (χ0) is 36.2. The molecule has 0 N–H and O–H groups in total. The fourth-order valence-electron chi connectivity index (χ4n) is 5.79. The molecule has 0 bridgehead atoms. The number of methoxy groups -OCH3 is 1. The highest BCUT2D eigenvalue weighted by atomic mass is 32.1. The van der Waals surface area contributed by atoms with Gasteiger partial charge in [-0.25, -0.2) is 19.3 Å². The number of carbonyl (C=O) groups is 2. The van der Waals surface area contributed by atoms with Crippen molar-refractivity contribution in [3.63, 3.8) is 0 Å². The van der Waals surface area contributed by atoms with Gasteiger partial charge in [-0.3, -0.25) is 9.36 Å². The molecule has 0 spiro atoms. The smallest absolute Gasteiger partial charge is 0.338 e. The molecule has 3 heterocycles. The Kier molecular flexibility index (Phi) is 10.5. The second-order valence-corrected chi connectivity index (χ2v) is 13.9. The summed E-state index contributed by atoms with van der Waals surface area (Å²) in [5.74, 6) is 0.271. The van der Waals surface area contributed by atoms with Gasteiger partial charge in [-0.1, -0.05) is 55.5 Å². The normalized spacial score (nSPS) is 14.4. The van der Waals surface area contributed by atoms with Crippen molar-refractivity contribution in [3.8, 4) is 22.7 Å². The predicted molar refractivity (Wildman–Crippen MR) is 197 cm³/mol. The highest BCUT2D eigenvalue weighted by Crippen LogP contribution is 2.32. The molecular weight excluding hydrogens is 665 g/mol. The summed E-state index contributed by atoms with van der Waals surface area (Å²) >= 11 is 1.23. The molecule has 0 amide bonds. The Morgan fingerprint density at radius 1 is 0.941 bits per heavy atom. The lowest BCUT2D eigenvalue weighted by Crippen LogP contribution is -2.40. The van der Waals surface area contributed by atoms with Gasteiger partial charge >= 0.3 is 11.9 Å². The second-order valence-electron chi connectivity index (χ2n) is 12.9. The average molecular weight is 705 g/mol. The minimum Gasteiger partial charge on any atom is -0.494 e. The van der Waals surface area contributed by atoms with Gasteiger partial charge in [0.2, 0.25) is 0 Å². The number of esters is 2. The molecule has 5 aromatic rings. The van der Waals surface area contributed by atoms with Gasteiger partial charge in [0, 0.05) is 17.3 Å². The number of hydrogen-bond donors (Lipinski definition) is 0. The molecule has 0 fully saturated rings. The number of rotatable bonds is 11. The monoisotopic (exact) mass is 704 g/mol. The molecule has 0 aliphatic carbocycles. The van der Waals surface area contributed by atoms with Crippen LogP contribution in [0.5, 0.6) is 5.75 Å². The van der Waals surface area contributed by atoms with E-state index in [4.69, 9.17) is 24.3 Å². The second kappa shape index (κ2) is 15.1. The minimum absolute atomic E-state index is 0.252. The van der Waals surface area contributed by atoms with Gasteiger partial charge in [-0.05, 0) is 93.3 Å². The van der Waals surface area contributed by atoms with Crippen molar-refractivity contribution in [2.45, 2.75) is 53.2 Å². The number of nitrogens with zero attached hydrogens (tertiary/aromatic N) is 4. The number of hydrogen-bond acceptors (Lipinski definition) is 9. The van der Waals surface area contributed by atoms with E-state index in [0.717, 1.165) is 29.0 Å². The summed E-state index contributed by atoms with van der Waals surface area (Å²) in [6.07, 6.45) is 4.30. The summed E-state index contributed by atoms with van der Waals surface area (Å²) in [5, 5.41) is 4.95. The van der Waals surface area contributed by atoms with Crippen LogP contribution in [0.1, 0.15) is 68.6 Å². The molecule has 11 heteroatoms. The molecular formula is C40H40N4O6S. The van der Waals surface area contributed by atoms with Gasteiger partial charge in [0.1, 0.15) is 11.4 Å². The molecule has 1 aliphatic heterocycles. The maximum Gasteiger partial charge on any atom is 0.338 e. The van der Waals surface area contributed by atoms with Crippen molar-refractivity contribution in [1.29, 1.82) is 0 Å². The van der Waals surface area contributed by atoms with E-state index in [-0.39, 0.29) is 17.2 Å². The first-order chi connectivity index (χ1) is 24.5. The van der Waals surface area contributed by atoms with E-state index in [2.05, 4.69) is 13.8 Å². The largest absolute Gasteiger partial charge is 0.494 e. The Labute approximate surface area is 300 Å². The fourth-order valence-corrected chi connectivity index (χ4v) is 6.83. The van der Waals surface area contributed by atoms with E-state index in [1.807, 2.05) is 66.9 Å². The number of allylic oxidation sites excluding steroid dienone is 1. The Balaban J connectivity index is 1.48. The van der Waals surface area contributed by atoms with Crippen LogP contribution in [-0.4, -0.2) is 46.1 Å². The highest BCUT2D eigenvalue weighted by molar-refractivity contribution is 7.07. The molecule has 1 unspecified atom stereocenters. The molecule has 10 nitrogen and oxygen atoms in total. The number of para-hydroxylation sites is 1. The maximum atomic E-state index is 14.4. The average Bonchev–Trinajstić information content (AvgIpc) is 3.67. The summed E-state index contributed by atoms with van der Waals surface area (Å²) in [5.41, 5.74) is 4.48. The van der Waals surface area contributed by atoms with E-state index in [0.29, 0.717) is 44.4 Å². The number of ether oxygens (including phenoxy) is 3. The van der Waals surface area contributed by atoms with Crippen LogP contribution in [-0.2, 0) is 14.3 Å². The maximum absolute atomic E-state index is 14.4. The fraction of sp³-hybridized carbons (Fsp3) is 0.275. The van der Waals surface area contributed by atoms with Crippen molar-refractivity contribution in [1.82, 2.24) is 14.3 Å². The van der Waals surface area contributed by atoms with E-state index < -0.39 is 18.0 Å². The van der Waals surface area contributed by atoms with Gasteiger partial charge in [0.25, 0.3) is 5.56 Å². The third kappa shape index (κ3) is 7.63. The summed E-state index contributed by atoms with van der Waals surface area (Å²) in [4.78, 5) is 45.3. The Hall–Kier alpha value is -5.55. The van der Waals surface area contributed by atoms with Crippen LogP contribution in [0.15, 0.2) is 106 Å². The minimum atomic E-state index is -0.837. The molecule has 2 aromatic heterocycles. The van der Waals surface area contributed by atoms with Crippen LogP contribution >= 0.6 is 11.3 Å². The van der Waals surface area contributed by atoms with Gasteiger partial charge in [-0.2, -0.15) is 5.10 Å². The zero-order valence-corrected chi connectivity index (χ0v) is 30.3. The van der Waals surface area contributed by atoms with Crippen LogP contribution in [0.25, 0.3) is 23.0 Å². The standard InChI is InChI=1S/C40H40N4O6S/c1-24(2)20-21-49-32-18-16-27(17-19-32)35-30(23-43(42-35)31-10-8-7-9-11-31)22-33-37(45)44-36(28-12-14-29(15-13-28)38(46)48-6)34(39(47)50-25(3)4)26(5)41-40(44)51-33/h7-19,22-25,36H,20-21H2,1-6H3. The van der Waals surface area contributed by atoms with Crippen molar-refractivity contribution in [3.05, 3.63) is 133 Å². The first kappa shape index (κ1) is 35.3. The topological polar surface area (TPSA) is 114 Å². The predicted octanol–water partition coefficient (Wildman–Crippen LogP) is 6.25. The summed E-state index contributed by atoms with van der Waals surface area (Å²) in [6, 6.07) is 23.4. The van der Waals surface area contributed by atoms with Gasteiger partial charge in [0.15, 0.2) is 4.80 Å². The van der Waals surface area contributed by atoms with E-state index in [1.165, 1.54) is 23.0 Å². The molecule has 1 atom stereocenters. The lowest BCUT2D eigenvalue weighted by atomic mass is 9.95. The number of carbonyl (C=O) groups excluding carboxylic acids is 2. The molecule has 51 heavy (non-hydrogen) atoms. The molecule has 0 radical (unpaired) electrons. The highest BCUT2D eigenvalue weighted by Gasteiger charge is 2.34. The van der Waals surface area contributed by atoms with Crippen molar-refractivity contribution in [2.75, 3.05) is 13.7 Å². The molecule has 0 saturated heterocycles. The van der Waals surface area contributed by atoms with Crippen LogP contribution in [0.3, 0.4) is 0 Å². The lowest BCUT2D eigenvalue weighted by molar-refractivity contribution is -0.143. The van der Waals surface area contributed by atoms with Gasteiger partial charge < -0.3 is 14.2 Å². The van der Waals surface area contributed by atoms with Crippen molar-refractivity contribution >= 4 is 29.4 Å². The SMILES string of the molecule is COC(=O)c1ccc(C2C(C(=O)OC(C)C)=C(C)N=c3sc(=Cc4cn(-c5ccccc5)nc4-c4ccc(OCCC(C)C)cc4)c(=O)n32)cc1. The van der Waals surface area contributed by atoms with Crippen LogP contribution in [0.2, 0.25) is 0 Å². The summed E-state index contributed by atoms with van der Waals surface area (Å²) < 4.78 is 20.2. The quantitative estimate of drug-likeness (QED) is 0.149. The lowest BCUT2D eigenvalue weighted by Gasteiger charge is -2.25. The summed E-state index contributed by atoms with van der Waals surface area (Å²) in [7, 11) is 1.31. The van der Waals surface area contributed by atoms with Crippen molar-refractivity contribution in [2.24, 2.45) is 10.9 Å².